The molecular formula is C38H24Au2Cl2F4O4P2. The molecule has 274 valence electrons. The first kappa shape index (κ1) is 38.9. The predicted octanol–water partition coefficient (Wildman–Crippen LogP) is 8.89. The van der Waals surface area contributed by atoms with Gasteiger partial charge in [-0.2, -0.15) is 0 Å². The number of hydrogen-bond acceptors (Lipinski definition) is 4. The van der Waals surface area contributed by atoms with Crippen LogP contribution in [0.3, 0.4) is 0 Å². The molecule has 0 aromatic heterocycles. The van der Waals surface area contributed by atoms with Crippen LogP contribution in [0.2, 0.25) is 0 Å². The van der Waals surface area contributed by atoms with Crippen molar-refractivity contribution in [3.05, 3.63) is 146 Å². The Morgan fingerprint density at radius 2 is 0.654 bits per heavy atom. The van der Waals surface area contributed by atoms with Crippen LogP contribution >= 0.6 is 34.2 Å². The van der Waals surface area contributed by atoms with Crippen molar-refractivity contribution < 1.29 is 76.5 Å². The van der Waals surface area contributed by atoms with Gasteiger partial charge in [-0.25, -0.2) is 0 Å². The molecule has 2 aliphatic rings. The fraction of sp³-hybridized carbons (Fsp3) is 0.0526. The molecule has 8 rings (SSSR count). The van der Waals surface area contributed by atoms with Crippen LogP contribution < -0.4 is 50.8 Å². The zero-order valence-corrected chi connectivity index (χ0v) is 33.9. The van der Waals surface area contributed by atoms with Crippen molar-refractivity contribution in [2.75, 3.05) is 0 Å². The van der Waals surface area contributed by atoms with Gasteiger partial charge in [0.05, 0.1) is 0 Å². The van der Waals surface area contributed by atoms with E-state index in [4.69, 9.17) is 18.9 Å². The summed E-state index contributed by atoms with van der Waals surface area (Å²) in [6.07, 6.45) is -7.97. The number of rotatable bonds is 7. The SMILES string of the molecule is FC1(F)Oc2ccc(P(c3ccccc3)c3ccccc3)c(-c3c(P(c4ccccc4)c4ccccc4)ccc4c3OC(F)(F)O4)c2O1.[Cl][Au].[Cl][Au]. The summed E-state index contributed by atoms with van der Waals surface area (Å²) in [6.45, 7) is 0. The standard InChI is InChI=1S/C38H24F4O4P2.2Au.2ClH/c39-37(40)43-29-21-23-31(47(25-13-5-1-6-14-25)26-15-7-2-8-16-26)33(35(29)45-37)34-32(24-22-30-36(34)46-38(41,42)44-30)48(27-17-9-3-10-18-27)28-19-11-4-12-20-28;;;;/h1-24H;;;2*1H/q;2*+1;;/p-2. The van der Waals surface area contributed by atoms with E-state index >= 15 is 0 Å². The maximum absolute atomic E-state index is 15.0. The molecule has 0 saturated heterocycles. The molecule has 0 unspecified atom stereocenters. The van der Waals surface area contributed by atoms with E-state index in [0.717, 1.165) is 21.2 Å². The van der Waals surface area contributed by atoms with Crippen molar-refractivity contribution in [1.29, 1.82) is 0 Å². The van der Waals surface area contributed by atoms with Gasteiger partial charge in [0, 0.05) is 11.1 Å². The Labute approximate surface area is 332 Å². The third-order valence-corrected chi connectivity index (χ3v) is 12.9. The Morgan fingerprint density at radius 1 is 0.385 bits per heavy atom. The number of alkyl halides is 4. The Hall–Kier alpha value is -2.84. The van der Waals surface area contributed by atoms with Gasteiger partial charge < -0.3 is 18.9 Å². The van der Waals surface area contributed by atoms with Crippen molar-refractivity contribution in [3.63, 3.8) is 0 Å². The van der Waals surface area contributed by atoms with Gasteiger partial charge in [0.25, 0.3) is 0 Å². The average molecular weight is 1150 g/mol. The Balaban J connectivity index is 0.00000112. The Morgan fingerprint density at radius 3 is 0.923 bits per heavy atom. The van der Waals surface area contributed by atoms with E-state index in [1.165, 1.54) is 12.1 Å². The van der Waals surface area contributed by atoms with Crippen LogP contribution in [0, 0.1) is 0 Å². The summed E-state index contributed by atoms with van der Waals surface area (Å²) < 4.78 is 80.4. The summed E-state index contributed by atoms with van der Waals surface area (Å²) in [6, 6.07) is 44.9. The van der Waals surface area contributed by atoms with E-state index in [1.807, 2.05) is 121 Å². The molecule has 0 fully saturated rings. The summed E-state index contributed by atoms with van der Waals surface area (Å²) in [5, 5.41) is 4.83. The summed E-state index contributed by atoms with van der Waals surface area (Å²) in [5.74, 6) is -0.955. The van der Waals surface area contributed by atoms with Gasteiger partial charge in [0.1, 0.15) is 0 Å². The second-order valence-corrected chi connectivity index (χ2v) is 15.3. The van der Waals surface area contributed by atoms with Crippen molar-refractivity contribution in [2.45, 2.75) is 12.6 Å². The van der Waals surface area contributed by atoms with Crippen LogP contribution in [0.15, 0.2) is 146 Å². The van der Waals surface area contributed by atoms with Gasteiger partial charge in [-0.15, -0.1) is 17.6 Å². The molecule has 52 heavy (non-hydrogen) atoms. The number of benzene rings is 6. The van der Waals surface area contributed by atoms with Crippen molar-refractivity contribution in [3.8, 4) is 34.1 Å². The summed E-state index contributed by atoms with van der Waals surface area (Å²) in [4.78, 5) is 0. The number of ether oxygens (including phenoxy) is 4. The van der Waals surface area contributed by atoms with E-state index in [2.05, 4.69) is 18.4 Å². The minimum absolute atomic E-state index is 0.177. The summed E-state index contributed by atoms with van der Waals surface area (Å²) in [7, 11) is 6.26. The van der Waals surface area contributed by atoms with Gasteiger partial charge in [-0.1, -0.05) is 121 Å². The molecular weight excluding hydrogens is 1120 g/mol. The first-order chi connectivity index (χ1) is 25.3. The molecule has 0 saturated carbocycles. The zero-order chi connectivity index (χ0) is 36.9. The monoisotopic (exact) mass is 1150 g/mol. The van der Waals surface area contributed by atoms with E-state index in [1.54, 1.807) is 52.1 Å². The van der Waals surface area contributed by atoms with E-state index in [0.29, 0.717) is 10.6 Å². The third kappa shape index (κ3) is 8.13. The van der Waals surface area contributed by atoms with Gasteiger partial charge in [-0.05, 0) is 71.9 Å². The second-order valence-electron chi connectivity index (χ2n) is 10.9. The van der Waals surface area contributed by atoms with Gasteiger partial charge in [0.2, 0.25) is 0 Å². The Kier molecular flexibility index (Phi) is 12.8. The third-order valence-electron chi connectivity index (χ3n) is 7.89. The topological polar surface area (TPSA) is 36.9 Å². The van der Waals surface area contributed by atoms with Crippen LogP contribution in [0.25, 0.3) is 11.1 Å². The fourth-order valence-corrected chi connectivity index (χ4v) is 10.9. The quantitative estimate of drug-likeness (QED) is 0.0911. The van der Waals surface area contributed by atoms with Crippen LogP contribution in [0.1, 0.15) is 0 Å². The molecule has 0 N–H and O–H groups in total. The van der Waals surface area contributed by atoms with Crippen molar-refractivity contribution in [2.24, 2.45) is 0 Å². The first-order valence-electron chi connectivity index (χ1n) is 15.2. The van der Waals surface area contributed by atoms with E-state index in [9.17, 15) is 17.6 Å². The molecule has 0 radical (unpaired) electrons. The molecule has 14 heteroatoms. The molecule has 0 amide bonds. The molecule has 0 aliphatic carbocycles. The molecule has 4 nitrogen and oxygen atoms in total. The summed E-state index contributed by atoms with van der Waals surface area (Å²) in [5.41, 5.74) is 0.354. The fourth-order valence-electron chi connectivity index (χ4n) is 6.02. The molecule has 0 bridgehead atoms. The van der Waals surface area contributed by atoms with Crippen LogP contribution in [0.4, 0.5) is 17.6 Å². The van der Waals surface area contributed by atoms with E-state index in [-0.39, 0.29) is 34.1 Å². The molecule has 0 atom stereocenters. The van der Waals surface area contributed by atoms with Gasteiger partial charge in [0.15, 0.2) is 23.0 Å². The molecule has 2 heterocycles. The predicted molar refractivity (Wildman–Crippen MR) is 193 cm³/mol. The summed E-state index contributed by atoms with van der Waals surface area (Å²) >= 11 is 3.50. The average Bonchev–Trinajstić information content (AvgIpc) is 3.68. The molecule has 0 spiro atoms. The molecule has 6 aromatic carbocycles. The van der Waals surface area contributed by atoms with Gasteiger partial charge in [-0.3, -0.25) is 0 Å². The first-order valence-corrected chi connectivity index (χ1v) is 23.2. The van der Waals surface area contributed by atoms with Crippen LogP contribution in [-0.2, 0) is 40.0 Å². The van der Waals surface area contributed by atoms with E-state index < -0.39 is 28.4 Å². The molecule has 6 aromatic rings. The van der Waals surface area contributed by atoms with Crippen molar-refractivity contribution >= 4 is 66.0 Å². The molecule has 2 aliphatic heterocycles. The number of hydrogen-bond donors (Lipinski definition) is 0. The van der Waals surface area contributed by atoms with Crippen LogP contribution in [0.5, 0.6) is 23.0 Å². The minimum atomic E-state index is -3.99. The van der Waals surface area contributed by atoms with Gasteiger partial charge >= 0.3 is 70.9 Å². The number of halogens is 6. The normalized spacial score (nSPS) is 14.3. The second kappa shape index (κ2) is 17.1. The zero-order valence-electron chi connectivity index (χ0n) is 26.3. The van der Waals surface area contributed by atoms with Crippen LogP contribution in [-0.4, -0.2) is 12.6 Å². The Bertz CT molecular complexity index is 1890. The van der Waals surface area contributed by atoms with Crippen molar-refractivity contribution in [1.82, 2.24) is 0 Å². The number of fused-ring (bicyclic) bond motifs is 2. The maximum atomic E-state index is 15.0.